The van der Waals surface area contributed by atoms with Gasteiger partial charge in [0.15, 0.2) is 0 Å². The lowest BCUT2D eigenvalue weighted by molar-refractivity contribution is -0.170. The molecule has 3 rings (SSSR count). The van der Waals surface area contributed by atoms with Crippen LogP contribution in [0.25, 0.3) is 0 Å². The fourth-order valence-corrected chi connectivity index (χ4v) is 2.87. The first-order valence-corrected chi connectivity index (χ1v) is 5.61. The maximum Gasteiger partial charge on any atom is 0.288 e. The monoisotopic (exact) mass is 221 g/mol. The van der Waals surface area contributed by atoms with Crippen LogP contribution in [-0.2, 0) is 14.3 Å². The number of nitrogens with zero attached hydrogens (tertiary/aromatic N) is 1. The molecule has 0 saturated carbocycles. The van der Waals surface area contributed by atoms with Crippen LogP contribution in [0.2, 0.25) is 0 Å². The Hall–Kier alpha value is -1.13. The maximum absolute atomic E-state index is 12.2. The van der Waals surface area contributed by atoms with Gasteiger partial charge in [-0.15, -0.1) is 0 Å². The number of allylic oxidation sites excluding steroid dienone is 2. The highest BCUT2D eigenvalue weighted by Gasteiger charge is 2.60. The summed E-state index contributed by atoms with van der Waals surface area (Å²) in [6.07, 6.45) is 6.04. The van der Waals surface area contributed by atoms with Crippen molar-refractivity contribution in [2.75, 3.05) is 20.3 Å². The van der Waals surface area contributed by atoms with Gasteiger partial charge in [0.25, 0.3) is 11.7 Å². The zero-order valence-corrected chi connectivity index (χ0v) is 9.47. The van der Waals surface area contributed by atoms with Crippen molar-refractivity contribution in [2.45, 2.75) is 18.8 Å². The predicted molar refractivity (Wildman–Crippen MR) is 57.6 cm³/mol. The molecule has 86 valence electrons. The third-order valence-corrected chi connectivity index (χ3v) is 3.60. The number of ether oxygens (including phenoxy) is 2. The van der Waals surface area contributed by atoms with Crippen LogP contribution < -0.4 is 0 Å². The summed E-state index contributed by atoms with van der Waals surface area (Å²) in [5.74, 6) is -0.878. The molecule has 4 heteroatoms. The number of amides is 1. The van der Waals surface area contributed by atoms with Crippen molar-refractivity contribution in [2.24, 2.45) is 5.92 Å². The zero-order valence-electron chi connectivity index (χ0n) is 9.47. The third-order valence-electron chi connectivity index (χ3n) is 3.60. The first kappa shape index (κ1) is 10.1. The molecule has 0 N–H and O–H groups in total. The highest BCUT2D eigenvalue weighted by Crippen LogP contribution is 2.43. The molecule has 2 saturated heterocycles. The Morgan fingerprint density at radius 3 is 2.81 bits per heavy atom. The van der Waals surface area contributed by atoms with Crippen molar-refractivity contribution in [3.05, 3.63) is 23.8 Å². The number of carbonyl (C=O) groups excluding carboxylic acids is 1. The first-order chi connectivity index (χ1) is 7.67. The summed E-state index contributed by atoms with van der Waals surface area (Å²) < 4.78 is 11.2. The van der Waals surface area contributed by atoms with Gasteiger partial charge >= 0.3 is 0 Å². The normalized spacial score (nSPS) is 35.8. The van der Waals surface area contributed by atoms with Crippen molar-refractivity contribution in [1.82, 2.24) is 4.90 Å². The maximum atomic E-state index is 12.2. The van der Waals surface area contributed by atoms with Crippen molar-refractivity contribution in [1.29, 1.82) is 0 Å². The average molecular weight is 221 g/mol. The molecule has 1 spiro atoms. The number of hydrogen-bond acceptors (Lipinski definition) is 3. The Balaban J connectivity index is 2.10. The van der Waals surface area contributed by atoms with Crippen LogP contribution in [0.3, 0.4) is 0 Å². The van der Waals surface area contributed by atoms with E-state index in [2.05, 4.69) is 13.0 Å². The van der Waals surface area contributed by atoms with E-state index in [1.165, 1.54) is 0 Å². The number of fused-ring (bicyclic) bond motifs is 2. The third kappa shape index (κ3) is 1.03. The molecule has 2 heterocycles. The largest absolute Gasteiger partial charge is 0.336 e. The molecule has 4 nitrogen and oxygen atoms in total. The van der Waals surface area contributed by atoms with E-state index in [1.807, 2.05) is 19.2 Å². The minimum atomic E-state index is -1.11. The second-order valence-corrected chi connectivity index (χ2v) is 4.54. The predicted octanol–water partition coefficient (Wildman–Crippen LogP) is 0.702. The Bertz CT molecular complexity index is 393. The van der Waals surface area contributed by atoms with E-state index in [-0.39, 0.29) is 11.9 Å². The van der Waals surface area contributed by atoms with Gasteiger partial charge in [-0.2, -0.15) is 0 Å². The number of likely N-dealkylation sites (tertiary alicyclic amines) is 1. The Kier molecular flexibility index (Phi) is 2.00. The van der Waals surface area contributed by atoms with Crippen LogP contribution in [0, 0.1) is 5.92 Å². The fraction of sp³-hybridized carbons (Fsp3) is 0.583. The SMILES string of the molecule is CC1C=CC=C2C1N(C)C(=O)C21OCCO1. The molecule has 0 aromatic carbocycles. The van der Waals surface area contributed by atoms with E-state index >= 15 is 0 Å². The molecule has 2 fully saturated rings. The molecular formula is C12H15NO3. The number of carbonyl (C=O) groups is 1. The summed E-state index contributed by atoms with van der Waals surface area (Å²) in [7, 11) is 1.82. The molecule has 0 aromatic heterocycles. The van der Waals surface area contributed by atoms with Gasteiger partial charge in [-0.1, -0.05) is 25.2 Å². The number of hydrogen-bond donors (Lipinski definition) is 0. The highest BCUT2D eigenvalue weighted by atomic mass is 16.7. The van der Waals surface area contributed by atoms with E-state index in [9.17, 15) is 4.79 Å². The molecule has 0 radical (unpaired) electrons. The highest BCUT2D eigenvalue weighted by molar-refractivity contribution is 5.92. The summed E-state index contributed by atoms with van der Waals surface area (Å²) in [5, 5.41) is 0. The van der Waals surface area contributed by atoms with Crippen LogP contribution in [0.1, 0.15) is 6.92 Å². The van der Waals surface area contributed by atoms with Crippen LogP contribution in [0.15, 0.2) is 23.8 Å². The summed E-state index contributed by atoms with van der Waals surface area (Å²) in [5.41, 5.74) is 0.951. The van der Waals surface area contributed by atoms with Gasteiger partial charge in [0.1, 0.15) is 0 Å². The molecule has 3 aliphatic rings. The van der Waals surface area contributed by atoms with Gasteiger partial charge in [-0.25, -0.2) is 0 Å². The average Bonchev–Trinajstić information content (AvgIpc) is 2.83. The Morgan fingerprint density at radius 1 is 1.44 bits per heavy atom. The van der Waals surface area contributed by atoms with E-state index in [0.717, 1.165) is 5.57 Å². The first-order valence-electron chi connectivity index (χ1n) is 5.61. The van der Waals surface area contributed by atoms with Crippen LogP contribution >= 0.6 is 0 Å². The lowest BCUT2D eigenvalue weighted by Crippen LogP contribution is -2.40. The molecule has 2 aliphatic heterocycles. The molecule has 2 atom stereocenters. The molecular weight excluding hydrogens is 206 g/mol. The van der Waals surface area contributed by atoms with Crippen molar-refractivity contribution >= 4 is 5.91 Å². The molecule has 1 aliphatic carbocycles. The number of rotatable bonds is 0. The van der Waals surface area contributed by atoms with Gasteiger partial charge in [0, 0.05) is 12.6 Å². The summed E-state index contributed by atoms with van der Waals surface area (Å²) >= 11 is 0. The molecule has 0 aromatic rings. The molecule has 1 amide bonds. The van der Waals surface area contributed by atoms with E-state index in [4.69, 9.17) is 9.47 Å². The van der Waals surface area contributed by atoms with E-state index in [1.54, 1.807) is 4.90 Å². The Labute approximate surface area is 94.5 Å². The Morgan fingerprint density at radius 2 is 2.12 bits per heavy atom. The second-order valence-electron chi connectivity index (χ2n) is 4.54. The number of likely N-dealkylation sites (N-methyl/N-ethyl adjacent to an activating group) is 1. The van der Waals surface area contributed by atoms with Crippen molar-refractivity contribution in [3.8, 4) is 0 Å². The lowest BCUT2D eigenvalue weighted by atomic mass is 9.88. The minimum absolute atomic E-state index is 0.0724. The molecule has 16 heavy (non-hydrogen) atoms. The molecule has 2 unspecified atom stereocenters. The topological polar surface area (TPSA) is 38.8 Å². The zero-order chi connectivity index (χ0) is 11.3. The quantitative estimate of drug-likeness (QED) is 0.604. The minimum Gasteiger partial charge on any atom is -0.336 e. The second kappa shape index (κ2) is 3.18. The van der Waals surface area contributed by atoms with Crippen LogP contribution in [0.4, 0.5) is 0 Å². The summed E-state index contributed by atoms with van der Waals surface area (Å²) in [6.45, 7) is 3.08. The van der Waals surface area contributed by atoms with Gasteiger partial charge in [0.2, 0.25) is 0 Å². The standard InChI is InChI=1S/C12H15NO3/c1-8-4-3-5-9-10(8)13(2)11(14)12(9)15-6-7-16-12/h3-5,8,10H,6-7H2,1-2H3. The summed E-state index contributed by atoms with van der Waals surface area (Å²) in [6, 6.07) is 0.0793. The van der Waals surface area contributed by atoms with Gasteiger partial charge in [0.05, 0.1) is 19.3 Å². The van der Waals surface area contributed by atoms with Crippen LogP contribution in [0.5, 0.6) is 0 Å². The smallest absolute Gasteiger partial charge is 0.288 e. The summed E-state index contributed by atoms with van der Waals surface area (Å²) in [4.78, 5) is 14.0. The fourth-order valence-electron chi connectivity index (χ4n) is 2.87. The van der Waals surface area contributed by atoms with Gasteiger partial charge < -0.3 is 14.4 Å². The van der Waals surface area contributed by atoms with E-state index in [0.29, 0.717) is 19.1 Å². The van der Waals surface area contributed by atoms with Crippen molar-refractivity contribution in [3.63, 3.8) is 0 Å². The molecule has 0 bridgehead atoms. The van der Waals surface area contributed by atoms with Gasteiger partial charge in [-0.05, 0) is 5.92 Å². The van der Waals surface area contributed by atoms with Gasteiger partial charge in [-0.3, -0.25) is 4.79 Å². The lowest BCUT2D eigenvalue weighted by Gasteiger charge is -2.27. The van der Waals surface area contributed by atoms with Crippen LogP contribution in [-0.4, -0.2) is 42.9 Å². The van der Waals surface area contributed by atoms with Crippen molar-refractivity contribution < 1.29 is 14.3 Å². The van der Waals surface area contributed by atoms with E-state index < -0.39 is 5.79 Å².